The predicted octanol–water partition coefficient (Wildman–Crippen LogP) is 5.74. The van der Waals surface area contributed by atoms with Crippen LogP contribution in [0.15, 0.2) is 126 Å². The molecule has 0 aromatic heterocycles. The van der Waals surface area contributed by atoms with Gasteiger partial charge in [-0.2, -0.15) is 5.10 Å². The third kappa shape index (κ3) is 3.59. The van der Waals surface area contributed by atoms with Gasteiger partial charge in [0.2, 0.25) is 17.7 Å². The zero-order chi connectivity index (χ0) is 29.1. The molecule has 6 nitrogen and oxygen atoms in total. The highest BCUT2D eigenvalue weighted by molar-refractivity contribution is 6.25. The Morgan fingerprint density at radius 2 is 1.37 bits per heavy atom. The van der Waals surface area contributed by atoms with Gasteiger partial charge in [-0.1, -0.05) is 109 Å². The summed E-state index contributed by atoms with van der Waals surface area (Å²) in [6, 6.07) is 39.1. The molecule has 1 aliphatic heterocycles. The number of nitrogens with zero attached hydrogens (tertiary/aromatic N) is 2. The van der Waals surface area contributed by atoms with Crippen LogP contribution in [0.5, 0.6) is 0 Å². The van der Waals surface area contributed by atoms with Crippen molar-refractivity contribution in [2.75, 3.05) is 4.90 Å². The molecule has 0 radical (unpaired) electrons. The number of carbonyl (C=O) groups is 3. The van der Waals surface area contributed by atoms with Crippen LogP contribution in [0.4, 0.5) is 5.69 Å². The number of anilines is 1. The second-order valence-corrected chi connectivity index (χ2v) is 11.5. The number of imide groups is 1. The molecule has 2 bridgehead atoms. The van der Waals surface area contributed by atoms with E-state index in [0.29, 0.717) is 5.69 Å². The summed E-state index contributed by atoms with van der Waals surface area (Å²) in [5.41, 5.74) is 7.13. The Hall–Kier alpha value is -5.36. The molecule has 3 aliphatic carbocycles. The molecule has 208 valence electrons. The average Bonchev–Trinajstić information content (AvgIpc) is 3.32. The summed E-state index contributed by atoms with van der Waals surface area (Å²) in [4.78, 5) is 43.1. The Kier molecular flexibility index (Phi) is 5.66. The van der Waals surface area contributed by atoms with Crippen LogP contribution in [0.2, 0.25) is 0 Å². The van der Waals surface area contributed by atoms with E-state index in [9.17, 15) is 14.4 Å². The van der Waals surface area contributed by atoms with Gasteiger partial charge in [0.25, 0.3) is 0 Å². The van der Waals surface area contributed by atoms with E-state index in [2.05, 4.69) is 22.7 Å². The van der Waals surface area contributed by atoms with Gasteiger partial charge in [-0.25, -0.2) is 10.3 Å². The monoisotopic (exact) mass is 561 g/mol. The van der Waals surface area contributed by atoms with Crippen molar-refractivity contribution in [1.82, 2.24) is 5.43 Å². The summed E-state index contributed by atoms with van der Waals surface area (Å²) < 4.78 is 0. The first-order chi connectivity index (χ1) is 21.1. The Labute approximate surface area is 248 Å². The lowest BCUT2D eigenvalue weighted by atomic mass is 9.47. The SMILES string of the molecule is O=C(Cc1cccc2ccccc12)N/N=C\C12c3ccccc3C(c3ccccc31)[C@H]1C(=O)N(c3ccccc3)C(=O)[C@@H]12. The molecule has 2 atom stereocenters. The molecule has 0 saturated carbocycles. The molecule has 1 N–H and O–H groups in total. The van der Waals surface area contributed by atoms with Gasteiger partial charge in [-0.15, -0.1) is 0 Å². The molecule has 5 aromatic rings. The zero-order valence-corrected chi connectivity index (χ0v) is 23.2. The Morgan fingerprint density at radius 3 is 2.12 bits per heavy atom. The van der Waals surface area contributed by atoms with E-state index < -0.39 is 17.3 Å². The van der Waals surface area contributed by atoms with Crippen molar-refractivity contribution in [1.29, 1.82) is 0 Å². The predicted molar refractivity (Wildman–Crippen MR) is 166 cm³/mol. The van der Waals surface area contributed by atoms with Gasteiger partial charge in [-0.3, -0.25) is 14.4 Å². The smallest absolute Gasteiger partial charge is 0.244 e. The normalized spacial score (nSPS) is 23.3. The zero-order valence-electron chi connectivity index (χ0n) is 23.2. The largest absolute Gasteiger partial charge is 0.274 e. The number of hydrazone groups is 1. The molecule has 5 aromatic carbocycles. The first-order valence-corrected chi connectivity index (χ1v) is 14.5. The van der Waals surface area contributed by atoms with E-state index in [0.717, 1.165) is 38.6 Å². The number of para-hydroxylation sites is 1. The minimum atomic E-state index is -1.03. The fraction of sp³-hybridized carbons (Fsp3) is 0.135. The van der Waals surface area contributed by atoms with Crippen LogP contribution in [-0.2, 0) is 26.2 Å². The van der Waals surface area contributed by atoms with Crippen molar-refractivity contribution in [2.24, 2.45) is 16.9 Å². The van der Waals surface area contributed by atoms with E-state index in [1.807, 2.05) is 97.1 Å². The summed E-state index contributed by atoms with van der Waals surface area (Å²) >= 11 is 0. The van der Waals surface area contributed by atoms with Crippen LogP contribution in [0.1, 0.15) is 33.7 Å². The van der Waals surface area contributed by atoms with Crippen LogP contribution in [0.3, 0.4) is 0 Å². The van der Waals surface area contributed by atoms with Gasteiger partial charge in [0.05, 0.1) is 29.4 Å². The number of carbonyl (C=O) groups excluding carboxylic acids is 3. The quantitative estimate of drug-likeness (QED) is 0.169. The molecule has 1 saturated heterocycles. The van der Waals surface area contributed by atoms with E-state index in [1.165, 1.54) is 4.90 Å². The molecule has 6 heteroatoms. The van der Waals surface area contributed by atoms with Crippen LogP contribution in [0, 0.1) is 11.8 Å². The van der Waals surface area contributed by atoms with Crippen molar-refractivity contribution >= 4 is 40.4 Å². The maximum atomic E-state index is 14.4. The molecule has 3 amide bonds. The van der Waals surface area contributed by atoms with Crippen molar-refractivity contribution < 1.29 is 14.4 Å². The Balaban J connectivity index is 1.23. The molecule has 4 aliphatic rings. The number of fused-ring (bicyclic) bond motifs is 1. The number of amides is 3. The van der Waals surface area contributed by atoms with Crippen molar-refractivity contribution in [2.45, 2.75) is 17.8 Å². The standard InChI is InChI=1S/C37H27N3O3/c41-31(21-24-13-10-12-23-11-4-5-16-26(23)24)39-38-22-37-29-19-8-6-17-27(29)32(28-18-7-9-20-30(28)37)33-34(37)36(43)40(35(33)42)25-14-2-1-3-15-25/h1-20,22,32-34H,21H2,(H,39,41)/b38-22-/t32?,33-,34-,37?/m1/s1. The second kappa shape index (κ2) is 9.60. The number of hydrogen-bond acceptors (Lipinski definition) is 4. The lowest BCUT2D eigenvalue weighted by molar-refractivity contribution is -0.123. The third-order valence-electron chi connectivity index (χ3n) is 9.39. The molecule has 9 rings (SSSR count). The summed E-state index contributed by atoms with van der Waals surface area (Å²) in [5, 5.41) is 6.64. The van der Waals surface area contributed by atoms with E-state index in [4.69, 9.17) is 0 Å². The van der Waals surface area contributed by atoms with Crippen LogP contribution in [0.25, 0.3) is 10.8 Å². The molecule has 1 heterocycles. The van der Waals surface area contributed by atoms with Gasteiger partial charge in [0.15, 0.2) is 0 Å². The molecule has 43 heavy (non-hydrogen) atoms. The first-order valence-electron chi connectivity index (χ1n) is 14.5. The highest BCUT2D eigenvalue weighted by Gasteiger charge is 2.68. The summed E-state index contributed by atoms with van der Waals surface area (Å²) in [7, 11) is 0. The van der Waals surface area contributed by atoms with Gasteiger partial charge in [0, 0.05) is 12.1 Å². The van der Waals surface area contributed by atoms with Crippen molar-refractivity contribution in [3.8, 4) is 0 Å². The maximum Gasteiger partial charge on any atom is 0.244 e. The minimum absolute atomic E-state index is 0.159. The molecule has 0 spiro atoms. The molecular weight excluding hydrogens is 534 g/mol. The summed E-state index contributed by atoms with van der Waals surface area (Å²) in [6.45, 7) is 0. The van der Waals surface area contributed by atoms with E-state index >= 15 is 0 Å². The third-order valence-corrected chi connectivity index (χ3v) is 9.39. The highest BCUT2D eigenvalue weighted by atomic mass is 16.2. The lowest BCUT2D eigenvalue weighted by Gasteiger charge is -2.52. The van der Waals surface area contributed by atoms with Crippen LogP contribution in [-0.4, -0.2) is 23.9 Å². The van der Waals surface area contributed by atoms with Crippen molar-refractivity contribution in [3.05, 3.63) is 149 Å². The second-order valence-electron chi connectivity index (χ2n) is 11.5. The van der Waals surface area contributed by atoms with Gasteiger partial charge in [0.1, 0.15) is 0 Å². The summed E-state index contributed by atoms with van der Waals surface area (Å²) in [6.07, 6.45) is 1.87. The fourth-order valence-corrected chi connectivity index (χ4v) is 7.75. The average molecular weight is 562 g/mol. The topological polar surface area (TPSA) is 78.8 Å². The fourth-order valence-electron chi connectivity index (χ4n) is 7.75. The van der Waals surface area contributed by atoms with Crippen LogP contribution < -0.4 is 10.3 Å². The maximum absolute atomic E-state index is 14.4. The van der Waals surface area contributed by atoms with Gasteiger partial charge in [-0.05, 0) is 50.7 Å². The van der Waals surface area contributed by atoms with Gasteiger partial charge >= 0.3 is 0 Å². The van der Waals surface area contributed by atoms with Crippen LogP contribution >= 0.6 is 0 Å². The van der Waals surface area contributed by atoms with E-state index in [1.54, 1.807) is 18.3 Å². The molecular formula is C37H27N3O3. The number of benzene rings is 5. The number of rotatable bonds is 5. The first kappa shape index (κ1) is 25.4. The number of nitrogens with one attached hydrogen (secondary N) is 1. The van der Waals surface area contributed by atoms with Crippen molar-refractivity contribution in [3.63, 3.8) is 0 Å². The lowest BCUT2D eigenvalue weighted by Crippen LogP contribution is -2.54. The Morgan fingerprint density at radius 1 is 0.744 bits per heavy atom. The number of hydrogen-bond donors (Lipinski definition) is 1. The highest BCUT2D eigenvalue weighted by Crippen LogP contribution is 2.63. The Bertz CT molecular complexity index is 1930. The molecule has 0 unspecified atom stereocenters. The minimum Gasteiger partial charge on any atom is -0.274 e. The van der Waals surface area contributed by atoms with E-state index in [-0.39, 0.29) is 30.1 Å². The molecule has 1 fully saturated rings. The van der Waals surface area contributed by atoms with Gasteiger partial charge < -0.3 is 0 Å². The summed E-state index contributed by atoms with van der Waals surface area (Å²) in [5.74, 6) is -2.24.